The van der Waals surface area contributed by atoms with E-state index in [0.29, 0.717) is 0 Å². The van der Waals surface area contributed by atoms with E-state index in [9.17, 15) is 12.6 Å². The third-order valence-electron chi connectivity index (χ3n) is 2.97. The molecule has 0 spiro atoms. The summed E-state index contributed by atoms with van der Waals surface area (Å²) in [5, 5.41) is 0. The minimum absolute atomic E-state index is 0.186. The zero-order chi connectivity index (χ0) is 13.3. The molecule has 1 aromatic carbocycles. The molecule has 0 radical (unpaired) electrons. The summed E-state index contributed by atoms with van der Waals surface area (Å²) in [5.41, 5.74) is 1.97. The van der Waals surface area contributed by atoms with E-state index in [4.69, 9.17) is 0 Å². The second-order valence-electron chi connectivity index (χ2n) is 4.31. The summed E-state index contributed by atoms with van der Waals surface area (Å²) < 4.78 is 37.8. The highest BCUT2D eigenvalue weighted by Gasteiger charge is 2.32. The second kappa shape index (κ2) is 4.95. The number of hydrogen-bond acceptors (Lipinski definition) is 3. The fraction of sp³-hybridized carbons (Fsp3) is 0.333. The van der Waals surface area contributed by atoms with Crippen LogP contribution < -0.4 is 0 Å². The van der Waals surface area contributed by atoms with Crippen LogP contribution in [0.3, 0.4) is 0 Å². The average Bonchev–Trinajstić information content (AvgIpc) is 2.34. The maximum absolute atomic E-state index is 12.4. The molecular formula is C12H15NO3S2. The minimum Gasteiger partial charge on any atom is -0.241 e. The van der Waals surface area contributed by atoms with Gasteiger partial charge in [-0.25, -0.2) is 12.6 Å². The lowest BCUT2D eigenvalue weighted by Gasteiger charge is -2.26. The van der Waals surface area contributed by atoms with E-state index in [1.807, 2.05) is 13.8 Å². The Bertz CT molecular complexity index is 605. The third-order valence-corrected chi connectivity index (χ3v) is 6.86. The summed E-state index contributed by atoms with van der Waals surface area (Å²) in [5.74, 6) is 0.290. The van der Waals surface area contributed by atoms with E-state index < -0.39 is 21.0 Å². The SMILES string of the molecule is CC1=C(C)C[S@](=O)N(S(=O)(=O)c2ccccc2)C1. The molecule has 0 aliphatic carbocycles. The predicted octanol–water partition coefficient (Wildman–Crippen LogP) is 1.69. The van der Waals surface area contributed by atoms with E-state index >= 15 is 0 Å². The summed E-state index contributed by atoms with van der Waals surface area (Å²) >= 11 is 0. The van der Waals surface area contributed by atoms with Crippen molar-refractivity contribution in [3.63, 3.8) is 0 Å². The fourth-order valence-corrected chi connectivity index (χ4v) is 5.18. The summed E-state index contributed by atoms with van der Waals surface area (Å²) in [6.07, 6.45) is 0. The van der Waals surface area contributed by atoms with Gasteiger partial charge in [0, 0.05) is 6.54 Å². The van der Waals surface area contributed by atoms with Gasteiger partial charge in [0.1, 0.15) is 11.0 Å². The first-order valence-electron chi connectivity index (χ1n) is 5.54. The predicted molar refractivity (Wildman–Crippen MR) is 71.7 cm³/mol. The molecule has 0 N–H and O–H groups in total. The number of rotatable bonds is 2. The number of benzene rings is 1. The van der Waals surface area contributed by atoms with Crippen molar-refractivity contribution >= 4 is 21.0 Å². The Kier molecular flexibility index (Phi) is 3.70. The summed E-state index contributed by atoms with van der Waals surface area (Å²) in [4.78, 5) is 0.186. The molecular weight excluding hydrogens is 270 g/mol. The van der Waals surface area contributed by atoms with Crippen molar-refractivity contribution in [1.82, 2.24) is 3.71 Å². The highest BCUT2D eigenvalue weighted by Crippen LogP contribution is 2.24. The lowest BCUT2D eigenvalue weighted by Crippen LogP contribution is -2.38. The molecule has 6 heteroatoms. The molecule has 2 rings (SSSR count). The van der Waals surface area contributed by atoms with Crippen LogP contribution in [0, 0.1) is 0 Å². The second-order valence-corrected chi connectivity index (χ2v) is 7.77. The highest BCUT2D eigenvalue weighted by atomic mass is 32.3. The zero-order valence-corrected chi connectivity index (χ0v) is 11.9. The van der Waals surface area contributed by atoms with Crippen molar-refractivity contribution in [3.8, 4) is 0 Å². The largest absolute Gasteiger partial charge is 0.254 e. The van der Waals surface area contributed by atoms with Gasteiger partial charge in [-0.1, -0.05) is 29.3 Å². The van der Waals surface area contributed by atoms with E-state index in [1.165, 1.54) is 12.1 Å². The summed E-state index contributed by atoms with van der Waals surface area (Å²) in [7, 11) is -5.18. The topological polar surface area (TPSA) is 54.5 Å². The molecule has 1 atom stereocenters. The van der Waals surface area contributed by atoms with Crippen LogP contribution >= 0.6 is 0 Å². The standard InChI is InChI=1S/C12H15NO3S2/c1-10-8-13(17(14)9-11(10)2)18(15,16)12-6-4-3-5-7-12/h3-7H,8-9H2,1-2H3/t17-/m0/s1. The molecule has 1 aliphatic heterocycles. The van der Waals surface area contributed by atoms with E-state index in [2.05, 4.69) is 0 Å². The van der Waals surface area contributed by atoms with Gasteiger partial charge in [0.25, 0.3) is 10.0 Å². The van der Waals surface area contributed by atoms with E-state index in [1.54, 1.807) is 18.2 Å². The molecule has 0 aromatic heterocycles. The summed E-state index contributed by atoms with van der Waals surface area (Å²) in [6.45, 7) is 3.97. The quantitative estimate of drug-likeness (QED) is 0.777. The number of sulfonamides is 1. The molecule has 18 heavy (non-hydrogen) atoms. The maximum atomic E-state index is 12.4. The van der Waals surface area contributed by atoms with Crippen molar-refractivity contribution in [2.75, 3.05) is 12.3 Å². The molecule has 0 amide bonds. The van der Waals surface area contributed by atoms with Crippen LogP contribution in [0.1, 0.15) is 13.8 Å². The van der Waals surface area contributed by atoms with E-state index in [-0.39, 0.29) is 17.2 Å². The Hall–Kier alpha value is -0.980. The molecule has 0 fully saturated rings. The van der Waals surface area contributed by atoms with Crippen LogP contribution in [-0.2, 0) is 21.0 Å². The van der Waals surface area contributed by atoms with Gasteiger partial charge in [-0.3, -0.25) is 0 Å². The minimum atomic E-state index is -3.67. The van der Waals surface area contributed by atoms with Gasteiger partial charge in [-0.2, -0.15) is 0 Å². The molecule has 1 aliphatic rings. The van der Waals surface area contributed by atoms with Gasteiger partial charge in [-0.15, -0.1) is 3.71 Å². The summed E-state index contributed by atoms with van der Waals surface area (Å²) in [6, 6.07) is 8.11. The van der Waals surface area contributed by atoms with E-state index in [0.717, 1.165) is 14.9 Å². The molecule has 0 bridgehead atoms. The van der Waals surface area contributed by atoms with Gasteiger partial charge in [0.2, 0.25) is 0 Å². The Morgan fingerprint density at radius 2 is 1.72 bits per heavy atom. The normalized spacial score (nSPS) is 22.2. The van der Waals surface area contributed by atoms with Crippen molar-refractivity contribution in [2.45, 2.75) is 18.7 Å². The smallest absolute Gasteiger partial charge is 0.241 e. The first-order valence-corrected chi connectivity index (χ1v) is 8.26. The number of hydrogen-bond donors (Lipinski definition) is 0. The van der Waals surface area contributed by atoms with Crippen molar-refractivity contribution < 1.29 is 12.6 Å². The van der Waals surface area contributed by atoms with Gasteiger partial charge in [-0.05, 0) is 26.0 Å². The molecule has 0 unspecified atom stereocenters. The lowest BCUT2D eigenvalue weighted by molar-refractivity contribution is 0.537. The van der Waals surface area contributed by atoms with Crippen LogP contribution in [0.2, 0.25) is 0 Å². The van der Waals surface area contributed by atoms with Gasteiger partial charge in [0.05, 0.1) is 10.6 Å². The molecule has 1 heterocycles. The lowest BCUT2D eigenvalue weighted by atomic mass is 10.2. The van der Waals surface area contributed by atoms with Gasteiger partial charge in [0.15, 0.2) is 0 Å². The van der Waals surface area contributed by atoms with Crippen LogP contribution in [0.5, 0.6) is 0 Å². The Balaban J connectivity index is 2.41. The molecule has 0 saturated heterocycles. The molecule has 0 saturated carbocycles. The molecule has 4 nitrogen and oxygen atoms in total. The molecule has 1 aromatic rings. The average molecular weight is 285 g/mol. The Labute approximate surface area is 110 Å². The van der Waals surface area contributed by atoms with Crippen molar-refractivity contribution in [2.24, 2.45) is 0 Å². The van der Waals surface area contributed by atoms with Gasteiger partial charge < -0.3 is 0 Å². The van der Waals surface area contributed by atoms with Gasteiger partial charge >= 0.3 is 0 Å². The highest BCUT2D eigenvalue weighted by molar-refractivity contribution is 8.01. The Morgan fingerprint density at radius 1 is 1.11 bits per heavy atom. The van der Waals surface area contributed by atoms with Crippen LogP contribution in [0.15, 0.2) is 46.4 Å². The first kappa shape index (κ1) is 13.5. The molecule has 98 valence electrons. The van der Waals surface area contributed by atoms with Crippen LogP contribution in [-0.4, -0.2) is 28.6 Å². The monoisotopic (exact) mass is 285 g/mol. The van der Waals surface area contributed by atoms with Crippen LogP contribution in [0.25, 0.3) is 0 Å². The Morgan fingerprint density at radius 3 is 2.33 bits per heavy atom. The third kappa shape index (κ3) is 2.41. The van der Waals surface area contributed by atoms with Crippen LogP contribution in [0.4, 0.5) is 0 Å². The maximum Gasteiger partial charge on any atom is 0.254 e. The van der Waals surface area contributed by atoms with Crippen molar-refractivity contribution in [1.29, 1.82) is 0 Å². The fourth-order valence-electron chi connectivity index (χ4n) is 1.69. The van der Waals surface area contributed by atoms with Crippen molar-refractivity contribution in [3.05, 3.63) is 41.5 Å². The zero-order valence-electron chi connectivity index (χ0n) is 10.3. The first-order chi connectivity index (χ1) is 8.43. The number of nitrogens with zero attached hydrogens (tertiary/aromatic N) is 1.